The minimum absolute atomic E-state index is 0.121. The third kappa shape index (κ3) is 3.82. The van der Waals surface area contributed by atoms with Crippen LogP contribution in [0.5, 0.6) is 0 Å². The number of fused-ring (bicyclic) bond motifs is 1. The van der Waals surface area contributed by atoms with Crippen LogP contribution in [0.2, 0.25) is 0 Å². The Kier molecular flexibility index (Phi) is 5.43. The Morgan fingerprint density at radius 2 is 1.73 bits per heavy atom. The van der Waals surface area contributed by atoms with Gasteiger partial charge in [0.25, 0.3) is 0 Å². The molecule has 3 aliphatic rings. The number of carbonyl (C=O) groups excluding carboxylic acids is 1. The fraction of sp³-hybridized carbons (Fsp3) is 0.500. The number of piperazine rings is 1. The normalized spacial score (nSPS) is 23.3. The van der Waals surface area contributed by atoms with Crippen LogP contribution in [0.3, 0.4) is 0 Å². The van der Waals surface area contributed by atoms with Gasteiger partial charge in [0.2, 0.25) is 15.9 Å². The number of nitrogens with zero attached hydrogens (tertiary/aromatic N) is 3. The van der Waals surface area contributed by atoms with E-state index in [0.29, 0.717) is 49.6 Å². The number of amides is 1. The van der Waals surface area contributed by atoms with Crippen LogP contribution in [-0.2, 0) is 21.2 Å². The van der Waals surface area contributed by atoms with Gasteiger partial charge in [-0.1, -0.05) is 18.2 Å². The van der Waals surface area contributed by atoms with Gasteiger partial charge in [0.05, 0.1) is 11.4 Å². The lowest BCUT2D eigenvalue weighted by atomic mass is 9.96. The number of rotatable bonds is 5. The molecule has 0 radical (unpaired) electrons. The molecule has 2 fully saturated rings. The minimum atomic E-state index is -3.49. The van der Waals surface area contributed by atoms with Crippen molar-refractivity contribution >= 4 is 27.3 Å². The fourth-order valence-corrected chi connectivity index (χ4v) is 7.09. The van der Waals surface area contributed by atoms with Crippen molar-refractivity contribution in [1.82, 2.24) is 14.1 Å². The fourth-order valence-electron chi connectivity index (χ4n) is 4.73. The molecular weight excluding hydrogens is 418 g/mol. The Morgan fingerprint density at radius 3 is 2.43 bits per heavy atom. The molecule has 1 aromatic carbocycles. The molecule has 0 N–H and O–H groups in total. The first-order valence-electron chi connectivity index (χ1n) is 10.7. The SMILES string of the molecule is O=C(CN1CCc2sccc2[C@@H]1C1CC1)N1CCN(S(=O)(=O)c2ccccc2)CC1. The van der Waals surface area contributed by atoms with E-state index in [1.807, 2.05) is 22.3 Å². The number of hydrogen-bond donors (Lipinski definition) is 0. The average molecular weight is 446 g/mol. The van der Waals surface area contributed by atoms with E-state index in [2.05, 4.69) is 16.3 Å². The first kappa shape index (κ1) is 20.2. The molecule has 6 nitrogen and oxygen atoms in total. The van der Waals surface area contributed by atoms with E-state index < -0.39 is 10.0 Å². The molecular formula is C22H27N3O3S2. The summed E-state index contributed by atoms with van der Waals surface area (Å²) in [6.45, 7) is 2.98. The second-order valence-electron chi connectivity index (χ2n) is 8.40. The van der Waals surface area contributed by atoms with E-state index in [-0.39, 0.29) is 5.91 Å². The molecule has 1 aliphatic carbocycles. The molecule has 2 aromatic rings. The first-order valence-corrected chi connectivity index (χ1v) is 13.0. The second-order valence-corrected chi connectivity index (χ2v) is 11.3. The third-order valence-corrected chi connectivity index (χ3v) is 9.41. The van der Waals surface area contributed by atoms with Gasteiger partial charge in [0.1, 0.15) is 0 Å². The highest BCUT2D eigenvalue weighted by atomic mass is 32.2. The zero-order valence-electron chi connectivity index (χ0n) is 16.9. The Balaban J connectivity index is 1.21. The summed E-state index contributed by atoms with van der Waals surface area (Å²) in [6, 6.07) is 11.2. The van der Waals surface area contributed by atoms with E-state index in [1.165, 1.54) is 27.6 Å². The maximum atomic E-state index is 13.1. The maximum absolute atomic E-state index is 13.1. The molecule has 0 spiro atoms. The van der Waals surface area contributed by atoms with Gasteiger partial charge in [-0.15, -0.1) is 11.3 Å². The zero-order valence-corrected chi connectivity index (χ0v) is 18.6. The van der Waals surface area contributed by atoms with Crippen LogP contribution >= 0.6 is 11.3 Å². The van der Waals surface area contributed by atoms with Crippen molar-refractivity contribution in [2.75, 3.05) is 39.3 Å². The van der Waals surface area contributed by atoms with Crippen LogP contribution in [0.4, 0.5) is 0 Å². The Labute approximate surface area is 182 Å². The van der Waals surface area contributed by atoms with Gasteiger partial charge in [-0.25, -0.2) is 8.42 Å². The lowest BCUT2D eigenvalue weighted by Crippen LogP contribution is -2.53. The van der Waals surface area contributed by atoms with Gasteiger partial charge in [-0.05, 0) is 54.3 Å². The lowest BCUT2D eigenvalue weighted by Gasteiger charge is -2.39. The predicted octanol–water partition coefficient (Wildman–Crippen LogP) is 2.59. The molecule has 2 aliphatic heterocycles. The van der Waals surface area contributed by atoms with Gasteiger partial charge in [-0.2, -0.15) is 4.31 Å². The molecule has 8 heteroatoms. The van der Waals surface area contributed by atoms with Crippen molar-refractivity contribution in [2.24, 2.45) is 5.92 Å². The lowest BCUT2D eigenvalue weighted by molar-refractivity contribution is -0.134. The van der Waals surface area contributed by atoms with Gasteiger partial charge in [0.15, 0.2) is 0 Å². The van der Waals surface area contributed by atoms with Crippen LogP contribution in [0.25, 0.3) is 0 Å². The predicted molar refractivity (Wildman–Crippen MR) is 117 cm³/mol. The van der Waals surface area contributed by atoms with E-state index in [0.717, 1.165) is 13.0 Å². The maximum Gasteiger partial charge on any atom is 0.243 e. The highest BCUT2D eigenvalue weighted by molar-refractivity contribution is 7.89. The Morgan fingerprint density at radius 1 is 1.00 bits per heavy atom. The average Bonchev–Trinajstić information content (AvgIpc) is 3.50. The van der Waals surface area contributed by atoms with Crippen LogP contribution in [-0.4, -0.2) is 67.7 Å². The van der Waals surface area contributed by atoms with Crippen molar-refractivity contribution in [3.63, 3.8) is 0 Å². The molecule has 1 atom stereocenters. The molecule has 1 amide bonds. The van der Waals surface area contributed by atoms with Gasteiger partial charge in [-0.3, -0.25) is 9.69 Å². The van der Waals surface area contributed by atoms with E-state index in [9.17, 15) is 13.2 Å². The van der Waals surface area contributed by atoms with Crippen LogP contribution in [0.15, 0.2) is 46.7 Å². The number of sulfonamides is 1. The van der Waals surface area contributed by atoms with E-state index in [1.54, 1.807) is 24.3 Å². The summed E-state index contributed by atoms with van der Waals surface area (Å²) >= 11 is 1.84. The van der Waals surface area contributed by atoms with Crippen molar-refractivity contribution in [3.8, 4) is 0 Å². The standard InChI is InChI=1S/C22H27N3O3S2/c26-21(16-24-10-8-20-19(9-15-29-20)22(24)17-6-7-17)23-11-13-25(14-12-23)30(27,28)18-4-2-1-3-5-18/h1-5,9,15,17,22H,6-8,10-14,16H2/t22-/m0/s1. The number of hydrogen-bond acceptors (Lipinski definition) is 5. The molecule has 1 aromatic heterocycles. The van der Waals surface area contributed by atoms with Crippen LogP contribution in [0, 0.1) is 5.92 Å². The zero-order chi connectivity index (χ0) is 20.7. The number of benzene rings is 1. The van der Waals surface area contributed by atoms with Crippen LogP contribution in [0.1, 0.15) is 29.3 Å². The molecule has 0 unspecified atom stereocenters. The molecule has 160 valence electrons. The van der Waals surface area contributed by atoms with Crippen molar-refractivity contribution in [3.05, 3.63) is 52.2 Å². The van der Waals surface area contributed by atoms with Crippen LogP contribution < -0.4 is 0 Å². The summed E-state index contributed by atoms with van der Waals surface area (Å²) in [6.07, 6.45) is 3.52. The molecule has 5 rings (SSSR count). The molecule has 3 heterocycles. The summed E-state index contributed by atoms with van der Waals surface area (Å²) in [5.41, 5.74) is 1.43. The third-order valence-electron chi connectivity index (χ3n) is 6.50. The second kappa shape index (κ2) is 8.07. The van der Waals surface area contributed by atoms with E-state index >= 15 is 0 Å². The molecule has 30 heavy (non-hydrogen) atoms. The summed E-state index contributed by atoms with van der Waals surface area (Å²) in [4.78, 5) is 19.0. The first-order chi connectivity index (χ1) is 14.5. The van der Waals surface area contributed by atoms with Crippen molar-refractivity contribution in [2.45, 2.75) is 30.2 Å². The Hall–Kier alpha value is -1.74. The highest BCUT2D eigenvalue weighted by Crippen LogP contribution is 2.48. The topological polar surface area (TPSA) is 60.9 Å². The van der Waals surface area contributed by atoms with Crippen molar-refractivity contribution in [1.29, 1.82) is 0 Å². The molecule has 1 saturated heterocycles. The Bertz CT molecular complexity index is 1010. The summed E-state index contributed by atoms with van der Waals surface area (Å²) in [5, 5.41) is 2.18. The quantitative estimate of drug-likeness (QED) is 0.710. The van der Waals surface area contributed by atoms with Gasteiger partial charge in [0, 0.05) is 43.6 Å². The summed E-state index contributed by atoms with van der Waals surface area (Å²) in [7, 11) is -3.49. The number of carbonyl (C=O) groups is 1. The minimum Gasteiger partial charge on any atom is -0.339 e. The molecule has 1 saturated carbocycles. The van der Waals surface area contributed by atoms with Crippen molar-refractivity contribution < 1.29 is 13.2 Å². The molecule has 0 bridgehead atoms. The van der Waals surface area contributed by atoms with Gasteiger partial charge < -0.3 is 4.90 Å². The van der Waals surface area contributed by atoms with Gasteiger partial charge >= 0.3 is 0 Å². The van der Waals surface area contributed by atoms with E-state index in [4.69, 9.17) is 0 Å². The monoisotopic (exact) mass is 445 g/mol. The summed E-state index contributed by atoms with van der Waals surface area (Å²) in [5.74, 6) is 0.801. The largest absolute Gasteiger partial charge is 0.339 e. The number of thiophene rings is 1. The highest BCUT2D eigenvalue weighted by Gasteiger charge is 2.41. The summed E-state index contributed by atoms with van der Waals surface area (Å²) < 4.78 is 27.1. The smallest absolute Gasteiger partial charge is 0.243 e.